The molecule has 21 heteroatoms. The third kappa shape index (κ3) is 17.2. The fraction of sp³-hybridized carbons (Fsp3) is 0.191. The van der Waals surface area contributed by atoms with Crippen LogP contribution in [-0.4, -0.2) is 64.2 Å². The van der Waals surface area contributed by atoms with Crippen molar-refractivity contribution in [3.8, 4) is 23.0 Å². The smallest absolute Gasteiger partial charge is 0.335 e. The number of carbonyl (C=O) groups is 4. The summed E-state index contributed by atoms with van der Waals surface area (Å²) in [4.78, 5) is 51.1. The van der Waals surface area contributed by atoms with Crippen molar-refractivity contribution in [1.82, 2.24) is 30.4 Å². The van der Waals surface area contributed by atoms with E-state index >= 15 is 0 Å². The second-order valence-corrected chi connectivity index (χ2v) is 16.4. The summed E-state index contributed by atoms with van der Waals surface area (Å²) >= 11 is 2.99. The predicted molar refractivity (Wildman–Crippen MR) is 247 cm³/mol. The van der Waals surface area contributed by atoms with Gasteiger partial charge in [0.1, 0.15) is 59.4 Å². The van der Waals surface area contributed by atoms with Crippen molar-refractivity contribution in [2.75, 3.05) is 0 Å². The largest absolute Gasteiger partial charge is 0.486 e. The Hall–Kier alpha value is -8.30. The highest BCUT2D eigenvalue weighted by molar-refractivity contribution is 7.11. The monoisotopic (exact) mass is 963 g/mol. The number of primary amides is 1. The van der Waals surface area contributed by atoms with Crippen molar-refractivity contribution in [2.24, 2.45) is 5.73 Å². The average Bonchev–Trinajstić information content (AvgIpc) is 4.16. The highest BCUT2D eigenvalue weighted by atomic mass is 32.1. The maximum atomic E-state index is 11.1. The first kappa shape index (κ1) is 50.7. The van der Waals surface area contributed by atoms with Gasteiger partial charge in [-0.2, -0.15) is 0 Å². The standard InChI is InChI=1S/C12H12N2O3.C12H12N2O2S.C12H11NO4.C11H10N2O3S/c1-8-14-6-11(17-8)7-16-10-4-2-9(3-5-10)12(13)15;1-8(15)10-3-5-11(6-4-10)16-7-12-14-13-9(2)17-12;1-8-13-6-11(17-8)7-16-10-4-2-9(3-5-10)12(14)15;1-7-12-13-10(17-7)6-16-9-4-2-8(3-5-9)11(14)15/h2-6H,7H2,1H3,(H2,13,15);3-6H,7H2,1-2H3;2-6H,7H2,1H3,(H,14,15);2-5H,6H2,1H3,(H,14,15). The summed E-state index contributed by atoms with van der Waals surface area (Å²) in [5.41, 5.74) is 6.73. The molecule has 8 rings (SSSR count). The molecule has 0 fully saturated rings. The fourth-order valence-corrected chi connectivity index (χ4v) is 6.47. The Kier molecular flexibility index (Phi) is 18.9. The van der Waals surface area contributed by atoms with Gasteiger partial charge in [0.2, 0.25) is 5.91 Å². The van der Waals surface area contributed by atoms with Crippen LogP contribution in [0.5, 0.6) is 23.0 Å². The van der Waals surface area contributed by atoms with Gasteiger partial charge in [-0.05, 0) is 118 Å². The molecule has 0 radical (unpaired) electrons. The molecule has 0 saturated heterocycles. The Balaban J connectivity index is 0.000000169. The van der Waals surface area contributed by atoms with Gasteiger partial charge in [-0.3, -0.25) is 9.59 Å². The van der Waals surface area contributed by atoms with Crippen molar-refractivity contribution in [3.63, 3.8) is 0 Å². The Morgan fingerprint density at radius 2 is 0.824 bits per heavy atom. The molecule has 0 aliphatic rings. The quantitative estimate of drug-likeness (QED) is 0.0764. The van der Waals surface area contributed by atoms with Crippen LogP contribution in [0.2, 0.25) is 0 Å². The van der Waals surface area contributed by atoms with Crippen LogP contribution < -0.4 is 24.7 Å². The molecule has 4 N–H and O–H groups in total. The first-order valence-corrected chi connectivity index (χ1v) is 21.8. The van der Waals surface area contributed by atoms with Crippen LogP contribution in [0.3, 0.4) is 0 Å². The maximum Gasteiger partial charge on any atom is 0.335 e. The lowest BCUT2D eigenvalue weighted by Gasteiger charge is -2.04. The summed E-state index contributed by atoms with van der Waals surface area (Å²) in [6.45, 7) is 10.2. The average molecular weight is 964 g/mol. The number of carboxylic acids is 2. The predicted octanol–water partition coefficient (Wildman–Crippen LogP) is 8.67. The van der Waals surface area contributed by atoms with Crippen molar-refractivity contribution in [1.29, 1.82) is 0 Å². The van der Waals surface area contributed by atoms with Crippen molar-refractivity contribution in [3.05, 3.63) is 175 Å². The van der Waals surface area contributed by atoms with E-state index in [0.717, 1.165) is 25.8 Å². The van der Waals surface area contributed by atoms with Crippen LogP contribution in [0.1, 0.15) is 91.7 Å². The Labute approximate surface area is 397 Å². The second kappa shape index (κ2) is 25.4. The van der Waals surface area contributed by atoms with Crippen molar-refractivity contribution >= 4 is 46.3 Å². The molecule has 0 saturated carbocycles. The van der Waals surface area contributed by atoms with Gasteiger partial charge in [-0.15, -0.1) is 20.4 Å². The second-order valence-electron chi connectivity index (χ2n) is 13.9. The molecule has 0 atom stereocenters. The van der Waals surface area contributed by atoms with E-state index in [9.17, 15) is 19.2 Å². The number of ether oxygens (including phenoxy) is 4. The van der Waals surface area contributed by atoms with E-state index in [1.807, 2.05) is 13.8 Å². The van der Waals surface area contributed by atoms with E-state index in [2.05, 4.69) is 30.4 Å². The molecule has 0 aliphatic heterocycles. The molecule has 1 amide bonds. The van der Waals surface area contributed by atoms with Gasteiger partial charge < -0.3 is 43.7 Å². The van der Waals surface area contributed by atoms with Gasteiger partial charge in [0.15, 0.2) is 39.1 Å². The number of carbonyl (C=O) groups excluding carboxylic acids is 2. The number of carboxylic acid groups (broad SMARTS) is 2. The topological polar surface area (TPSA) is 275 Å². The molecule has 0 aliphatic carbocycles. The fourth-order valence-electron chi connectivity index (χ4n) is 5.22. The Morgan fingerprint density at radius 1 is 0.500 bits per heavy atom. The number of nitrogens with two attached hydrogens (primary N) is 1. The zero-order chi connectivity index (χ0) is 49.0. The molecule has 4 aromatic carbocycles. The number of Topliss-reactive ketones (excluding diaryl/α,β-unsaturated/α-hetero) is 1. The number of oxazole rings is 2. The third-order valence-electron chi connectivity index (χ3n) is 8.56. The van der Waals surface area contributed by atoms with E-state index < -0.39 is 17.8 Å². The lowest BCUT2D eigenvalue weighted by atomic mass is 10.1. The summed E-state index contributed by atoms with van der Waals surface area (Å²) in [6, 6.07) is 26.1. The number of benzene rings is 4. The summed E-state index contributed by atoms with van der Waals surface area (Å²) in [5.74, 6) is 2.74. The number of rotatable bonds is 16. The van der Waals surface area contributed by atoms with Gasteiger partial charge in [0.25, 0.3) is 0 Å². The number of aryl methyl sites for hydroxylation is 4. The van der Waals surface area contributed by atoms with Crippen molar-refractivity contribution < 1.29 is 57.2 Å². The number of hydrogen-bond acceptors (Lipinski definition) is 18. The molecular weight excluding hydrogens is 919 g/mol. The van der Waals surface area contributed by atoms with E-state index in [-0.39, 0.29) is 23.5 Å². The van der Waals surface area contributed by atoms with Gasteiger partial charge >= 0.3 is 11.9 Å². The number of hydrogen-bond donors (Lipinski definition) is 3. The van der Waals surface area contributed by atoms with Crippen molar-refractivity contribution in [2.45, 2.75) is 61.0 Å². The molecule has 68 heavy (non-hydrogen) atoms. The van der Waals surface area contributed by atoms with E-state index in [1.54, 1.807) is 106 Å². The Bertz CT molecular complexity index is 2470. The van der Waals surface area contributed by atoms with Gasteiger partial charge in [0, 0.05) is 25.0 Å². The van der Waals surface area contributed by atoms with Crippen LogP contribution in [0.25, 0.3) is 0 Å². The van der Waals surface area contributed by atoms with Gasteiger partial charge in [-0.1, -0.05) is 22.7 Å². The molecule has 352 valence electrons. The molecule has 4 aromatic heterocycles. The highest BCUT2D eigenvalue weighted by Crippen LogP contribution is 2.19. The molecule has 19 nitrogen and oxygen atoms in total. The number of aromatic nitrogens is 6. The molecule has 4 heterocycles. The Morgan fingerprint density at radius 3 is 1.09 bits per heavy atom. The summed E-state index contributed by atoms with van der Waals surface area (Å²) in [6.07, 6.45) is 3.22. The van der Waals surface area contributed by atoms with E-state index in [1.165, 1.54) is 46.9 Å². The van der Waals surface area contributed by atoms with Crippen LogP contribution in [0, 0.1) is 27.7 Å². The van der Waals surface area contributed by atoms with Crippen LogP contribution in [0.4, 0.5) is 0 Å². The minimum atomic E-state index is -0.956. The molecule has 0 spiro atoms. The summed E-state index contributed by atoms with van der Waals surface area (Å²) < 4.78 is 32.4. The SMILES string of the molecule is CC(=O)c1ccc(OCc2nnc(C)s2)cc1.Cc1ncc(COc2ccc(C(=O)O)cc2)o1.Cc1ncc(COc2ccc(C(N)=O)cc2)o1.Cc1nnc(COc2ccc(C(=O)O)cc2)s1. The number of amides is 1. The number of nitrogens with zero attached hydrogens (tertiary/aromatic N) is 6. The summed E-state index contributed by atoms with van der Waals surface area (Å²) in [7, 11) is 0. The maximum absolute atomic E-state index is 11.1. The molecule has 0 bridgehead atoms. The summed E-state index contributed by atoms with van der Waals surface area (Å²) in [5, 5.41) is 36.6. The number of ketones is 1. The van der Waals surface area contributed by atoms with E-state index in [0.29, 0.717) is 71.5 Å². The molecule has 0 unspecified atom stereocenters. The zero-order valence-corrected chi connectivity index (χ0v) is 38.9. The third-order valence-corrected chi connectivity index (χ3v) is 10.2. The molecular formula is C47H45N7O12S2. The normalized spacial score (nSPS) is 10.2. The molecule has 8 aromatic rings. The van der Waals surface area contributed by atoms with Gasteiger partial charge in [0.05, 0.1) is 23.5 Å². The minimum absolute atomic E-state index is 0.0521. The highest BCUT2D eigenvalue weighted by Gasteiger charge is 2.08. The van der Waals surface area contributed by atoms with Crippen LogP contribution in [-0.2, 0) is 26.4 Å². The first-order valence-electron chi connectivity index (χ1n) is 20.2. The van der Waals surface area contributed by atoms with E-state index in [4.69, 9.17) is 43.7 Å². The minimum Gasteiger partial charge on any atom is -0.486 e. The van der Waals surface area contributed by atoms with Gasteiger partial charge in [-0.25, -0.2) is 19.6 Å². The number of aromatic carboxylic acids is 2. The lowest BCUT2D eigenvalue weighted by Crippen LogP contribution is -2.10. The lowest BCUT2D eigenvalue weighted by molar-refractivity contribution is 0.0686. The van der Waals surface area contributed by atoms with Crippen LogP contribution in [0.15, 0.2) is 118 Å². The first-order chi connectivity index (χ1) is 32.6. The van der Waals surface area contributed by atoms with Crippen LogP contribution >= 0.6 is 22.7 Å². The zero-order valence-electron chi connectivity index (χ0n) is 37.3.